The van der Waals surface area contributed by atoms with E-state index in [1.165, 1.54) is 0 Å². The fourth-order valence-corrected chi connectivity index (χ4v) is 2.31. The van der Waals surface area contributed by atoms with Crippen molar-refractivity contribution in [3.05, 3.63) is 50.1 Å². The molecule has 2 aromatic rings. The van der Waals surface area contributed by atoms with Crippen molar-refractivity contribution in [2.75, 3.05) is 11.1 Å². The van der Waals surface area contributed by atoms with Gasteiger partial charge >= 0.3 is 0 Å². The van der Waals surface area contributed by atoms with Gasteiger partial charge in [-0.1, -0.05) is 15.9 Å². The molecule has 0 aliphatic heterocycles. The lowest BCUT2D eigenvalue weighted by Crippen LogP contribution is -2.15. The number of rotatable bonds is 2. The third-order valence-electron chi connectivity index (χ3n) is 2.24. The SMILES string of the molecule is Nc1cccnc1NC(=O)c1cc(Br)ccc1I. The molecule has 18 heavy (non-hydrogen) atoms. The molecule has 0 saturated heterocycles. The van der Waals surface area contributed by atoms with Crippen LogP contribution >= 0.6 is 38.5 Å². The smallest absolute Gasteiger partial charge is 0.257 e. The lowest BCUT2D eigenvalue weighted by atomic mass is 10.2. The first-order valence-electron chi connectivity index (χ1n) is 5.05. The second kappa shape index (κ2) is 5.66. The molecule has 92 valence electrons. The Morgan fingerprint density at radius 3 is 2.89 bits per heavy atom. The van der Waals surface area contributed by atoms with Gasteiger partial charge < -0.3 is 11.1 Å². The molecule has 0 fully saturated rings. The Kier molecular flexibility index (Phi) is 4.18. The molecule has 0 radical (unpaired) electrons. The highest BCUT2D eigenvalue weighted by atomic mass is 127. The van der Waals surface area contributed by atoms with E-state index in [0.29, 0.717) is 17.1 Å². The number of nitrogens with two attached hydrogens (primary N) is 1. The summed E-state index contributed by atoms with van der Waals surface area (Å²) in [5.41, 5.74) is 6.75. The van der Waals surface area contributed by atoms with Crippen LogP contribution in [-0.2, 0) is 0 Å². The van der Waals surface area contributed by atoms with Crippen molar-refractivity contribution in [1.82, 2.24) is 4.98 Å². The molecule has 1 aromatic carbocycles. The standard InChI is InChI=1S/C12H9BrIN3O/c13-7-3-4-9(14)8(6-7)12(18)17-11-10(15)2-1-5-16-11/h1-6H,15H2,(H,16,17,18). The van der Waals surface area contributed by atoms with Crippen molar-refractivity contribution in [3.8, 4) is 0 Å². The summed E-state index contributed by atoms with van der Waals surface area (Å²) >= 11 is 5.45. The first-order valence-corrected chi connectivity index (χ1v) is 6.92. The van der Waals surface area contributed by atoms with Gasteiger partial charge in [0, 0.05) is 14.2 Å². The number of aromatic nitrogens is 1. The van der Waals surface area contributed by atoms with Gasteiger partial charge in [0.05, 0.1) is 11.3 Å². The van der Waals surface area contributed by atoms with Crippen LogP contribution < -0.4 is 11.1 Å². The van der Waals surface area contributed by atoms with Crippen LogP contribution in [0.3, 0.4) is 0 Å². The normalized spacial score (nSPS) is 10.1. The number of nitrogens with zero attached hydrogens (tertiary/aromatic N) is 1. The predicted molar refractivity (Wildman–Crippen MR) is 83.5 cm³/mol. The zero-order valence-electron chi connectivity index (χ0n) is 9.15. The zero-order chi connectivity index (χ0) is 13.1. The summed E-state index contributed by atoms with van der Waals surface area (Å²) < 4.78 is 1.71. The lowest BCUT2D eigenvalue weighted by Gasteiger charge is -2.08. The minimum atomic E-state index is -0.230. The summed E-state index contributed by atoms with van der Waals surface area (Å²) in [7, 11) is 0. The molecule has 0 aliphatic rings. The van der Waals surface area contributed by atoms with Crippen molar-refractivity contribution < 1.29 is 4.79 Å². The largest absolute Gasteiger partial charge is 0.396 e. The maximum atomic E-state index is 12.1. The average molecular weight is 418 g/mol. The van der Waals surface area contributed by atoms with E-state index < -0.39 is 0 Å². The molecule has 4 nitrogen and oxygen atoms in total. The fourth-order valence-electron chi connectivity index (χ4n) is 1.37. The van der Waals surface area contributed by atoms with Crippen LogP contribution in [0.5, 0.6) is 0 Å². The Hall–Kier alpha value is -1.15. The first-order chi connectivity index (χ1) is 8.58. The quantitative estimate of drug-likeness (QED) is 0.736. The summed E-state index contributed by atoms with van der Waals surface area (Å²) in [6.45, 7) is 0. The third-order valence-corrected chi connectivity index (χ3v) is 3.68. The minimum absolute atomic E-state index is 0.230. The van der Waals surface area contributed by atoms with Crippen LogP contribution in [0.25, 0.3) is 0 Å². The number of carbonyl (C=O) groups excluding carboxylic acids is 1. The van der Waals surface area contributed by atoms with Crippen molar-refractivity contribution in [1.29, 1.82) is 0 Å². The molecular formula is C12H9BrIN3O. The van der Waals surface area contributed by atoms with Crippen LogP contribution in [0, 0.1) is 3.57 Å². The molecule has 0 unspecified atom stereocenters. The molecule has 2 rings (SSSR count). The molecule has 6 heteroatoms. The number of hydrogen-bond donors (Lipinski definition) is 2. The molecule has 1 heterocycles. The summed E-state index contributed by atoms with van der Waals surface area (Å²) in [5.74, 6) is 0.143. The van der Waals surface area contributed by atoms with Crippen molar-refractivity contribution in [2.45, 2.75) is 0 Å². The highest BCUT2D eigenvalue weighted by Gasteiger charge is 2.12. The molecule has 0 bridgehead atoms. The van der Waals surface area contributed by atoms with E-state index in [1.807, 2.05) is 12.1 Å². The number of nitrogen functional groups attached to an aromatic ring is 1. The summed E-state index contributed by atoms with van der Waals surface area (Å²) in [6.07, 6.45) is 1.58. The third kappa shape index (κ3) is 2.99. The molecule has 3 N–H and O–H groups in total. The number of nitrogens with one attached hydrogen (secondary N) is 1. The number of benzene rings is 1. The molecule has 0 spiro atoms. The van der Waals surface area contributed by atoms with Gasteiger partial charge in [-0.05, 0) is 52.9 Å². The molecule has 0 aliphatic carbocycles. The van der Waals surface area contributed by atoms with Crippen molar-refractivity contribution in [2.24, 2.45) is 0 Å². The van der Waals surface area contributed by atoms with Gasteiger partial charge in [0.2, 0.25) is 0 Å². The Morgan fingerprint density at radius 2 is 2.17 bits per heavy atom. The predicted octanol–water partition coefficient (Wildman–Crippen LogP) is 3.28. The molecule has 1 amide bonds. The van der Waals surface area contributed by atoms with E-state index in [4.69, 9.17) is 5.73 Å². The van der Waals surface area contributed by atoms with E-state index in [2.05, 4.69) is 48.8 Å². The Balaban J connectivity index is 2.28. The highest BCUT2D eigenvalue weighted by molar-refractivity contribution is 14.1. The van der Waals surface area contributed by atoms with Gasteiger partial charge in [0.15, 0.2) is 5.82 Å². The van der Waals surface area contributed by atoms with Crippen molar-refractivity contribution in [3.63, 3.8) is 0 Å². The van der Waals surface area contributed by atoms with Crippen LogP contribution in [-0.4, -0.2) is 10.9 Å². The van der Waals surface area contributed by atoms with Gasteiger partial charge in [-0.2, -0.15) is 0 Å². The number of hydrogen-bond acceptors (Lipinski definition) is 3. The van der Waals surface area contributed by atoms with Gasteiger partial charge in [-0.3, -0.25) is 4.79 Å². The summed E-state index contributed by atoms with van der Waals surface area (Å²) in [4.78, 5) is 16.1. The van der Waals surface area contributed by atoms with Gasteiger partial charge in [-0.15, -0.1) is 0 Å². The lowest BCUT2D eigenvalue weighted by molar-refractivity contribution is 0.102. The van der Waals surface area contributed by atoms with E-state index in [0.717, 1.165) is 8.04 Å². The zero-order valence-corrected chi connectivity index (χ0v) is 12.9. The number of carbonyl (C=O) groups is 1. The number of anilines is 2. The molecule has 1 aromatic heterocycles. The van der Waals surface area contributed by atoms with Gasteiger partial charge in [0.1, 0.15) is 0 Å². The van der Waals surface area contributed by atoms with E-state index in [1.54, 1.807) is 24.4 Å². The Morgan fingerprint density at radius 1 is 1.39 bits per heavy atom. The molecule has 0 atom stereocenters. The van der Waals surface area contributed by atoms with Gasteiger partial charge in [0.25, 0.3) is 5.91 Å². The Bertz CT molecular complexity index is 604. The summed E-state index contributed by atoms with van der Waals surface area (Å²) in [6, 6.07) is 8.91. The average Bonchev–Trinajstić information content (AvgIpc) is 2.35. The number of amides is 1. The molecular weight excluding hydrogens is 409 g/mol. The van der Waals surface area contributed by atoms with Gasteiger partial charge in [-0.25, -0.2) is 4.98 Å². The highest BCUT2D eigenvalue weighted by Crippen LogP contribution is 2.20. The second-order valence-corrected chi connectivity index (χ2v) is 5.60. The van der Waals surface area contributed by atoms with Crippen LogP contribution in [0.4, 0.5) is 11.5 Å². The molecule has 0 saturated carbocycles. The minimum Gasteiger partial charge on any atom is -0.396 e. The van der Waals surface area contributed by atoms with Crippen LogP contribution in [0.15, 0.2) is 41.0 Å². The van der Waals surface area contributed by atoms with E-state index in [9.17, 15) is 4.79 Å². The number of pyridine rings is 1. The van der Waals surface area contributed by atoms with Crippen molar-refractivity contribution >= 4 is 55.9 Å². The maximum Gasteiger partial charge on any atom is 0.257 e. The summed E-state index contributed by atoms with van der Waals surface area (Å²) in [5, 5.41) is 2.69. The van der Waals surface area contributed by atoms with E-state index >= 15 is 0 Å². The Labute approximate surface area is 126 Å². The monoisotopic (exact) mass is 417 g/mol. The second-order valence-electron chi connectivity index (χ2n) is 3.52. The topological polar surface area (TPSA) is 68.0 Å². The maximum absolute atomic E-state index is 12.1. The fraction of sp³-hybridized carbons (Fsp3) is 0. The van der Waals surface area contributed by atoms with Crippen LogP contribution in [0.1, 0.15) is 10.4 Å². The van der Waals surface area contributed by atoms with Crippen LogP contribution in [0.2, 0.25) is 0 Å². The van der Waals surface area contributed by atoms with E-state index in [-0.39, 0.29) is 5.91 Å². The first kappa shape index (κ1) is 13.3. The number of halogens is 2.